The van der Waals surface area contributed by atoms with Crippen LogP contribution >= 0.6 is 12.2 Å². The first-order valence-electron chi connectivity index (χ1n) is 7.91. The Morgan fingerprint density at radius 2 is 1.80 bits per heavy atom. The van der Waals surface area contributed by atoms with E-state index in [0.29, 0.717) is 35.1 Å². The van der Waals surface area contributed by atoms with Crippen LogP contribution in [0, 0.1) is 4.77 Å². The van der Waals surface area contributed by atoms with Gasteiger partial charge in [0.15, 0.2) is 4.77 Å². The minimum Gasteiger partial charge on any atom is -0.496 e. The zero-order valence-corrected chi connectivity index (χ0v) is 15.3. The Hall–Kier alpha value is -2.32. The van der Waals surface area contributed by atoms with Crippen molar-refractivity contribution in [1.29, 1.82) is 0 Å². The Morgan fingerprint density at radius 1 is 1.12 bits per heavy atom. The Balaban J connectivity index is 1.91. The summed E-state index contributed by atoms with van der Waals surface area (Å²) in [5, 5.41) is 0. The van der Waals surface area contributed by atoms with Gasteiger partial charge in [-0.2, -0.15) is 0 Å². The molecule has 1 aliphatic heterocycles. The summed E-state index contributed by atoms with van der Waals surface area (Å²) in [5.74, 6) is 2.07. The van der Waals surface area contributed by atoms with E-state index in [9.17, 15) is 4.79 Å². The highest BCUT2D eigenvalue weighted by molar-refractivity contribution is 7.71. The van der Waals surface area contributed by atoms with Gasteiger partial charge in [0.05, 0.1) is 32.5 Å². The summed E-state index contributed by atoms with van der Waals surface area (Å²) in [7, 11) is 4.84. The van der Waals surface area contributed by atoms with E-state index in [4.69, 9.17) is 26.4 Å². The summed E-state index contributed by atoms with van der Waals surface area (Å²) < 4.78 is 16.7. The van der Waals surface area contributed by atoms with Crippen molar-refractivity contribution < 1.29 is 14.2 Å². The SMILES string of the molecule is COc1cc(OC)c(CN2CCc3[nH]c(=S)[nH]c(=O)c3C2)c(OC)c1. The van der Waals surface area contributed by atoms with E-state index in [1.807, 2.05) is 12.1 Å². The number of aromatic nitrogens is 2. The Kier molecular flexibility index (Phi) is 5.10. The molecule has 0 unspecified atom stereocenters. The lowest BCUT2D eigenvalue weighted by Gasteiger charge is -2.29. The average molecular weight is 363 g/mol. The topological polar surface area (TPSA) is 79.6 Å². The second-order valence-electron chi connectivity index (χ2n) is 5.84. The number of benzene rings is 1. The Morgan fingerprint density at radius 3 is 2.40 bits per heavy atom. The molecule has 8 heteroatoms. The van der Waals surface area contributed by atoms with Gasteiger partial charge < -0.3 is 19.2 Å². The maximum absolute atomic E-state index is 12.2. The lowest BCUT2D eigenvalue weighted by molar-refractivity contribution is 0.233. The maximum Gasteiger partial charge on any atom is 0.256 e. The van der Waals surface area contributed by atoms with Crippen LogP contribution in [0.3, 0.4) is 0 Å². The second kappa shape index (κ2) is 7.28. The van der Waals surface area contributed by atoms with Gasteiger partial charge in [-0.1, -0.05) is 0 Å². The minimum atomic E-state index is -0.128. The fourth-order valence-electron chi connectivity index (χ4n) is 3.10. The molecule has 0 aliphatic carbocycles. The molecule has 0 atom stereocenters. The molecule has 0 spiro atoms. The molecule has 25 heavy (non-hydrogen) atoms. The van der Waals surface area contributed by atoms with Gasteiger partial charge in [0.1, 0.15) is 17.2 Å². The first-order chi connectivity index (χ1) is 12.0. The number of rotatable bonds is 5. The fourth-order valence-corrected chi connectivity index (χ4v) is 3.32. The number of fused-ring (bicyclic) bond motifs is 1. The smallest absolute Gasteiger partial charge is 0.256 e. The van der Waals surface area contributed by atoms with E-state index in [1.54, 1.807) is 21.3 Å². The van der Waals surface area contributed by atoms with E-state index < -0.39 is 0 Å². The summed E-state index contributed by atoms with van der Waals surface area (Å²) in [6.45, 7) is 1.94. The van der Waals surface area contributed by atoms with Crippen LogP contribution in [0.4, 0.5) is 0 Å². The van der Waals surface area contributed by atoms with Gasteiger partial charge in [0.2, 0.25) is 0 Å². The summed E-state index contributed by atoms with van der Waals surface area (Å²) in [5.41, 5.74) is 2.44. The van der Waals surface area contributed by atoms with Gasteiger partial charge in [0, 0.05) is 43.9 Å². The predicted octanol–water partition coefficient (Wildman–Crippen LogP) is 2.02. The van der Waals surface area contributed by atoms with E-state index in [-0.39, 0.29) is 5.56 Å². The third-order valence-electron chi connectivity index (χ3n) is 4.39. The highest BCUT2D eigenvalue weighted by Crippen LogP contribution is 2.35. The molecule has 0 amide bonds. The third kappa shape index (κ3) is 3.54. The van der Waals surface area contributed by atoms with Crippen molar-refractivity contribution in [3.63, 3.8) is 0 Å². The molecule has 0 bridgehead atoms. The minimum absolute atomic E-state index is 0.128. The number of ether oxygens (including phenoxy) is 3. The molecule has 2 heterocycles. The molecular weight excluding hydrogens is 342 g/mol. The molecule has 0 radical (unpaired) electrons. The number of methoxy groups -OCH3 is 3. The zero-order chi connectivity index (χ0) is 18.0. The van der Waals surface area contributed by atoms with Gasteiger partial charge in [-0.25, -0.2) is 0 Å². The molecule has 2 aromatic rings. The highest BCUT2D eigenvalue weighted by atomic mass is 32.1. The quantitative estimate of drug-likeness (QED) is 0.791. The largest absolute Gasteiger partial charge is 0.496 e. The molecule has 134 valence electrons. The molecule has 3 rings (SSSR count). The van der Waals surface area contributed by atoms with Gasteiger partial charge >= 0.3 is 0 Å². The van der Waals surface area contributed by atoms with Crippen LogP contribution in [-0.2, 0) is 19.5 Å². The molecule has 1 aromatic carbocycles. The second-order valence-corrected chi connectivity index (χ2v) is 6.24. The van der Waals surface area contributed by atoms with E-state index >= 15 is 0 Å². The summed E-state index contributed by atoms with van der Waals surface area (Å²) in [6, 6.07) is 3.67. The van der Waals surface area contributed by atoms with Gasteiger partial charge in [-0.15, -0.1) is 0 Å². The van der Waals surface area contributed by atoms with Crippen molar-refractivity contribution in [2.75, 3.05) is 27.9 Å². The van der Waals surface area contributed by atoms with Crippen LogP contribution in [0.15, 0.2) is 16.9 Å². The summed E-state index contributed by atoms with van der Waals surface area (Å²) in [6.07, 6.45) is 0.740. The van der Waals surface area contributed by atoms with Crippen molar-refractivity contribution in [2.45, 2.75) is 19.5 Å². The molecule has 1 aliphatic rings. The van der Waals surface area contributed by atoms with Crippen molar-refractivity contribution in [3.8, 4) is 17.2 Å². The molecule has 2 N–H and O–H groups in total. The fraction of sp³-hybridized carbons (Fsp3) is 0.412. The molecule has 0 saturated carbocycles. The summed E-state index contributed by atoms with van der Waals surface area (Å²) in [4.78, 5) is 20.1. The van der Waals surface area contributed by atoms with Crippen molar-refractivity contribution in [1.82, 2.24) is 14.9 Å². The lowest BCUT2D eigenvalue weighted by atomic mass is 10.1. The Labute approximate surface area is 150 Å². The highest BCUT2D eigenvalue weighted by Gasteiger charge is 2.23. The van der Waals surface area contributed by atoms with E-state index in [2.05, 4.69) is 14.9 Å². The zero-order valence-electron chi connectivity index (χ0n) is 14.5. The van der Waals surface area contributed by atoms with Gasteiger partial charge in [-0.3, -0.25) is 14.7 Å². The van der Waals surface area contributed by atoms with Gasteiger partial charge in [0.25, 0.3) is 5.56 Å². The monoisotopic (exact) mass is 363 g/mol. The lowest BCUT2D eigenvalue weighted by Crippen LogP contribution is -2.35. The first-order valence-corrected chi connectivity index (χ1v) is 8.32. The number of nitrogens with zero attached hydrogens (tertiary/aromatic N) is 1. The van der Waals surface area contributed by atoms with E-state index in [0.717, 1.165) is 29.8 Å². The normalized spacial score (nSPS) is 14.0. The maximum atomic E-state index is 12.2. The summed E-state index contributed by atoms with van der Waals surface area (Å²) >= 11 is 5.04. The van der Waals surface area contributed by atoms with Crippen LogP contribution in [0.1, 0.15) is 16.8 Å². The third-order valence-corrected chi connectivity index (χ3v) is 4.59. The number of hydrogen-bond acceptors (Lipinski definition) is 6. The first kappa shape index (κ1) is 17.5. The number of aromatic amines is 2. The molecular formula is C17H21N3O4S. The molecule has 1 aromatic heterocycles. The average Bonchev–Trinajstić information content (AvgIpc) is 2.62. The van der Waals surface area contributed by atoms with Crippen molar-refractivity contribution in [2.24, 2.45) is 0 Å². The van der Waals surface area contributed by atoms with Crippen LogP contribution < -0.4 is 19.8 Å². The van der Waals surface area contributed by atoms with Crippen LogP contribution in [0.5, 0.6) is 17.2 Å². The standard InChI is InChI=1S/C17H21N3O4S/c1-22-10-6-14(23-2)12(15(7-10)24-3)9-20-5-4-13-11(8-20)16(21)19-17(25)18-13/h6-7H,4-5,8-9H2,1-3H3,(H2,18,19,21,25). The molecule has 7 nitrogen and oxygen atoms in total. The number of H-pyrrole nitrogens is 2. The molecule has 0 fully saturated rings. The van der Waals surface area contributed by atoms with Crippen LogP contribution in [0.25, 0.3) is 0 Å². The number of hydrogen-bond donors (Lipinski definition) is 2. The van der Waals surface area contributed by atoms with Crippen LogP contribution in [0.2, 0.25) is 0 Å². The number of nitrogens with one attached hydrogen (secondary N) is 2. The predicted molar refractivity (Wildman–Crippen MR) is 96.2 cm³/mol. The Bertz CT molecular complexity index is 865. The molecule has 0 saturated heterocycles. The van der Waals surface area contributed by atoms with Crippen molar-refractivity contribution in [3.05, 3.63) is 44.1 Å². The van der Waals surface area contributed by atoms with E-state index in [1.165, 1.54) is 0 Å². The van der Waals surface area contributed by atoms with Crippen LogP contribution in [-0.4, -0.2) is 42.7 Å². The van der Waals surface area contributed by atoms with Gasteiger partial charge in [-0.05, 0) is 12.2 Å². The van der Waals surface area contributed by atoms with Crippen molar-refractivity contribution >= 4 is 12.2 Å².